The summed E-state index contributed by atoms with van der Waals surface area (Å²) in [5.41, 5.74) is 0. The van der Waals surface area contributed by atoms with E-state index in [0.717, 1.165) is 64.2 Å². The van der Waals surface area contributed by atoms with Crippen molar-refractivity contribution in [3.8, 4) is 0 Å². The maximum absolute atomic E-state index is 12.8. The number of carbonyl (C=O) groups excluding carboxylic acids is 1. The number of aliphatic hydroxyl groups excluding tert-OH is 4. The molecule has 63 heavy (non-hydrogen) atoms. The maximum Gasteiger partial charge on any atom is 0.306 e. The number of allylic oxidation sites excluding steroid dienone is 10. The molecule has 9 nitrogen and oxygen atoms in total. The van der Waals surface area contributed by atoms with Crippen LogP contribution in [0.5, 0.6) is 0 Å². The van der Waals surface area contributed by atoms with Crippen LogP contribution in [-0.4, -0.2) is 89.6 Å². The third-order valence-electron chi connectivity index (χ3n) is 11.7. The monoisotopic (exact) mass is 889 g/mol. The van der Waals surface area contributed by atoms with Gasteiger partial charge in [0, 0.05) is 13.0 Å². The van der Waals surface area contributed by atoms with Gasteiger partial charge in [0.2, 0.25) is 0 Å². The first-order valence-corrected chi connectivity index (χ1v) is 25.9. The second-order valence-corrected chi connectivity index (χ2v) is 17.6. The number of carbonyl (C=O) groups is 1. The van der Waals surface area contributed by atoms with Crippen LogP contribution < -0.4 is 0 Å². The van der Waals surface area contributed by atoms with Gasteiger partial charge in [-0.05, 0) is 57.8 Å². The number of rotatable bonds is 44. The highest BCUT2D eigenvalue weighted by atomic mass is 16.7. The Morgan fingerprint density at radius 3 is 1.44 bits per heavy atom. The number of hydrogen-bond acceptors (Lipinski definition) is 9. The van der Waals surface area contributed by atoms with Crippen molar-refractivity contribution in [2.45, 2.75) is 250 Å². The van der Waals surface area contributed by atoms with Crippen molar-refractivity contribution >= 4 is 5.97 Å². The number of ether oxygens (including phenoxy) is 4. The second kappa shape index (κ2) is 45.1. The molecule has 0 aromatic heterocycles. The van der Waals surface area contributed by atoms with Crippen molar-refractivity contribution in [2.24, 2.45) is 0 Å². The minimum atomic E-state index is -1.54. The fraction of sp³-hybridized carbons (Fsp3) is 0.796. The van der Waals surface area contributed by atoms with Crippen molar-refractivity contribution in [2.75, 3.05) is 26.4 Å². The smallest absolute Gasteiger partial charge is 0.306 e. The van der Waals surface area contributed by atoms with E-state index in [9.17, 15) is 25.2 Å². The Kier molecular flexibility index (Phi) is 42.1. The quantitative estimate of drug-likeness (QED) is 0.0268. The molecule has 1 saturated heterocycles. The fourth-order valence-electron chi connectivity index (χ4n) is 7.70. The van der Waals surface area contributed by atoms with E-state index in [-0.39, 0.29) is 25.6 Å². The van der Waals surface area contributed by atoms with Gasteiger partial charge in [-0.25, -0.2) is 0 Å². The summed E-state index contributed by atoms with van der Waals surface area (Å²) in [7, 11) is 0. The zero-order chi connectivity index (χ0) is 45.7. The lowest BCUT2D eigenvalue weighted by Gasteiger charge is -2.39. The molecule has 0 aromatic carbocycles. The number of hydrogen-bond donors (Lipinski definition) is 4. The lowest BCUT2D eigenvalue weighted by atomic mass is 9.99. The molecule has 1 aliphatic rings. The van der Waals surface area contributed by atoms with Crippen molar-refractivity contribution < 1.29 is 44.2 Å². The van der Waals surface area contributed by atoms with Gasteiger partial charge in [0.1, 0.15) is 30.5 Å². The lowest BCUT2D eigenvalue weighted by molar-refractivity contribution is -0.305. The molecule has 1 heterocycles. The largest absolute Gasteiger partial charge is 0.457 e. The molecule has 366 valence electrons. The average Bonchev–Trinajstić information content (AvgIpc) is 3.28. The Bertz CT molecular complexity index is 1150. The molecule has 0 aromatic rings. The predicted molar refractivity (Wildman–Crippen MR) is 261 cm³/mol. The van der Waals surface area contributed by atoms with Crippen LogP contribution >= 0.6 is 0 Å². The van der Waals surface area contributed by atoms with E-state index in [1.165, 1.54) is 122 Å². The van der Waals surface area contributed by atoms with E-state index in [1.54, 1.807) is 0 Å². The first-order chi connectivity index (χ1) is 30.9. The van der Waals surface area contributed by atoms with Crippen molar-refractivity contribution in [3.05, 3.63) is 60.8 Å². The number of aliphatic hydroxyl groups is 4. The Morgan fingerprint density at radius 1 is 0.524 bits per heavy atom. The fourth-order valence-corrected chi connectivity index (χ4v) is 7.70. The van der Waals surface area contributed by atoms with E-state index in [0.29, 0.717) is 13.0 Å². The molecule has 1 aliphatic heterocycles. The van der Waals surface area contributed by atoms with E-state index in [4.69, 9.17) is 18.9 Å². The maximum atomic E-state index is 12.8. The van der Waals surface area contributed by atoms with Crippen LogP contribution in [0.2, 0.25) is 0 Å². The zero-order valence-corrected chi connectivity index (χ0v) is 40.3. The van der Waals surface area contributed by atoms with Crippen LogP contribution in [0.3, 0.4) is 0 Å². The van der Waals surface area contributed by atoms with Crippen molar-refractivity contribution in [3.63, 3.8) is 0 Å². The highest BCUT2D eigenvalue weighted by Gasteiger charge is 2.44. The van der Waals surface area contributed by atoms with Gasteiger partial charge >= 0.3 is 5.97 Å². The summed E-state index contributed by atoms with van der Waals surface area (Å²) < 4.78 is 22.9. The molecule has 4 N–H and O–H groups in total. The van der Waals surface area contributed by atoms with E-state index >= 15 is 0 Å². The van der Waals surface area contributed by atoms with E-state index in [1.807, 2.05) is 0 Å². The van der Waals surface area contributed by atoms with Crippen LogP contribution in [-0.2, 0) is 23.7 Å². The minimum Gasteiger partial charge on any atom is -0.457 e. The third kappa shape index (κ3) is 35.8. The molecular formula is C54H96O9. The number of unbranched alkanes of at least 4 members (excludes halogenated alkanes) is 23. The predicted octanol–water partition coefficient (Wildman–Crippen LogP) is 12.6. The van der Waals surface area contributed by atoms with Crippen LogP contribution in [0.25, 0.3) is 0 Å². The zero-order valence-electron chi connectivity index (χ0n) is 40.3. The average molecular weight is 889 g/mol. The summed E-state index contributed by atoms with van der Waals surface area (Å²) in [5.74, 6) is -0.343. The Morgan fingerprint density at radius 2 is 0.968 bits per heavy atom. The Hall–Kier alpha value is -2.11. The van der Waals surface area contributed by atoms with Gasteiger partial charge in [0.05, 0.1) is 19.8 Å². The molecule has 0 spiro atoms. The molecule has 0 bridgehead atoms. The SMILES string of the molecule is CC/C=C\C/C=C\C/C=C\C/C=C\C/C=C\CCCCCC(=O)OC(COCCCCCCCCCCCCCCCCCCCCCCC)COC1OC(CO)C(O)C(O)C1O. The standard InChI is InChI=1S/C54H96O9/c1-3-5-7-9-11-13-15-17-19-21-23-24-26-28-30-32-34-36-38-40-42-44-60-46-48(47-61-54-53(59)52(58)51(57)49(45-55)63-54)62-50(56)43-41-39-37-35-33-31-29-27-25-22-20-18-16-14-12-10-8-6-4-2/h6,8,12,14,18,20,25,27,31,33,48-49,51-55,57-59H,3-5,7,9-11,13,15-17,19,21-24,26,28-30,32,34-47H2,1-2H3/b8-6-,14-12-,20-18-,27-25-,33-31-. The van der Waals surface area contributed by atoms with Crippen LogP contribution in [0.15, 0.2) is 60.8 Å². The number of esters is 1. The van der Waals surface area contributed by atoms with Crippen molar-refractivity contribution in [1.29, 1.82) is 0 Å². The highest BCUT2D eigenvalue weighted by molar-refractivity contribution is 5.69. The van der Waals surface area contributed by atoms with Crippen LogP contribution in [0, 0.1) is 0 Å². The van der Waals surface area contributed by atoms with E-state index in [2.05, 4.69) is 74.6 Å². The topological polar surface area (TPSA) is 135 Å². The molecule has 0 saturated carbocycles. The van der Waals surface area contributed by atoms with Gasteiger partial charge in [0.25, 0.3) is 0 Å². The van der Waals surface area contributed by atoms with Gasteiger partial charge in [0.15, 0.2) is 6.29 Å². The normalized spacial score (nSPS) is 20.1. The summed E-state index contributed by atoms with van der Waals surface area (Å²) in [6.45, 7) is 4.43. The Balaban J connectivity index is 2.22. The van der Waals surface area contributed by atoms with Crippen LogP contribution in [0.4, 0.5) is 0 Å². The van der Waals surface area contributed by atoms with Gasteiger partial charge in [-0.15, -0.1) is 0 Å². The first kappa shape index (κ1) is 58.9. The Labute approximate surface area is 385 Å². The molecule has 0 radical (unpaired) electrons. The molecular weight excluding hydrogens is 793 g/mol. The van der Waals surface area contributed by atoms with Gasteiger partial charge in [-0.1, -0.05) is 209 Å². The molecule has 0 aliphatic carbocycles. The minimum absolute atomic E-state index is 0.127. The summed E-state index contributed by atoms with van der Waals surface area (Å²) in [6.07, 6.45) is 51.1. The van der Waals surface area contributed by atoms with Gasteiger partial charge in [-0.2, -0.15) is 0 Å². The highest BCUT2D eigenvalue weighted by Crippen LogP contribution is 2.23. The summed E-state index contributed by atoms with van der Waals surface area (Å²) in [6, 6.07) is 0. The second-order valence-electron chi connectivity index (χ2n) is 17.6. The molecule has 0 amide bonds. The summed E-state index contributed by atoms with van der Waals surface area (Å²) >= 11 is 0. The molecule has 1 rings (SSSR count). The lowest BCUT2D eigenvalue weighted by Crippen LogP contribution is -2.59. The third-order valence-corrected chi connectivity index (χ3v) is 11.7. The molecule has 9 heteroatoms. The van der Waals surface area contributed by atoms with Crippen LogP contribution in [0.1, 0.15) is 213 Å². The molecule has 6 unspecified atom stereocenters. The summed E-state index contributed by atoms with van der Waals surface area (Å²) in [5, 5.41) is 40.2. The first-order valence-electron chi connectivity index (χ1n) is 25.9. The van der Waals surface area contributed by atoms with E-state index < -0.39 is 43.4 Å². The molecule has 1 fully saturated rings. The molecule has 6 atom stereocenters. The van der Waals surface area contributed by atoms with Crippen molar-refractivity contribution in [1.82, 2.24) is 0 Å². The van der Waals surface area contributed by atoms with Gasteiger partial charge in [-0.3, -0.25) is 4.79 Å². The summed E-state index contributed by atoms with van der Waals surface area (Å²) in [4.78, 5) is 12.8. The van der Waals surface area contributed by atoms with Gasteiger partial charge < -0.3 is 39.4 Å².